The Morgan fingerprint density at radius 1 is 1.26 bits per heavy atom. The van der Waals surface area contributed by atoms with Gasteiger partial charge in [0.1, 0.15) is 11.2 Å². The Bertz CT molecular complexity index is 1210. The molecule has 11 heteroatoms. The first-order valence-electron chi connectivity index (χ1n) is 13.4. The molecule has 0 aromatic carbocycles. The predicted molar refractivity (Wildman–Crippen MR) is 138 cm³/mol. The van der Waals surface area contributed by atoms with Gasteiger partial charge in [-0.15, -0.1) is 10.2 Å². The van der Waals surface area contributed by atoms with Crippen molar-refractivity contribution in [1.29, 1.82) is 0 Å². The fraction of sp³-hybridized carbons (Fsp3) is 0.667. The van der Waals surface area contributed by atoms with Gasteiger partial charge in [-0.05, 0) is 69.6 Å². The van der Waals surface area contributed by atoms with E-state index >= 15 is 0 Å². The lowest BCUT2D eigenvalue weighted by Gasteiger charge is -2.58. The highest BCUT2D eigenvalue weighted by Gasteiger charge is 2.57. The second kappa shape index (κ2) is 9.74. The first-order chi connectivity index (χ1) is 17.9. The van der Waals surface area contributed by atoms with E-state index in [0.29, 0.717) is 35.7 Å². The van der Waals surface area contributed by atoms with Crippen LogP contribution in [0.5, 0.6) is 5.88 Å². The molecule has 6 rings (SSSR count). The zero-order valence-corrected chi connectivity index (χ0v) is 22.8. The van der Waals surface area contributed by atoms with Gasteiger partial charge in [0.25, 0.3) is 5.91 Å². The maximum Gasteiger partial charge on any atom is 0.405 e. The van der Waals surface area contributed by atoms with Crippen molar-refractivity contribution >= 4 is 18.2 Å². The van der Waals surface area contributed by atoms with Gasteiger partial charge in [-0.25, -0.2) is 9.48 Å². The molecule has 4 fully saturated rings. The van der Waals surface area contributed by atoms with Crippen molar-refractivity contribution < 1.29 is 23.5 Å². The Morgan fingerprint density at radius 3 is 2.58 bits per heavy atom. The molecular formula is C27H38N6O5. The van der Waals surface area contributed by atoms with Crippen LogP contribution in [-0.4, -0.2) is 50.2 Å². The minimum absolute atomic E-state index is 0.0141. The molecule has 2 heterocycles. The monoisotopic (exact) mass is 526 g/mol. The van der Waals surface area contributed by atoms with Crippen molar-refractivity contribution in [1.82, 2.24) is 25.3 Å². The first kappa shape index (κ1) is 26.2. The summed E-state index contributed by atoms with van der Waals surface area (Å²) in [4.78, 5) is 25.2. The number of primary amides is 1. The summed E-state index contributed by atoms with van der Waals surface area (Å²) in [5.74, 6) is 2.43. The van der Waals surface area contributed by atoms with E-state index < -0.39 is 17.1 Å². The van der Waals surface area contributed by atoms with Crippen LogP contribution in [-0.2, 0) is 10.2 Å². The smallest absolute Gasteiger partial charge is 0.405 e. The van der Waals surface area contributed by atoms with Crippen LogP contribution in [0.4, 0.5) is 4.79 Å². The van der Waals surface area contributed by atoms with Crippen molar-refractivity contribution in [2.45, 2.75) is 83.8 Å². The van der Waals surface area contributed by atoms with Crippen molar-refractivity contribution in [3.63, 3.8) is 0 Å². The summed E-state index contributed by atoms with van der Waals surface area (Å²) in [5, 5.41) is 15.8. The van der Waals surface area contributed by atoms with E-state index in [4.69, 9.17) is 19.6 Å². The van der Waals surface area contributed by atoms with Crippen LogP contribution in [0.1, 0.15) is 81.9 Å². The summed E-state index contributed by atoms with van der Waals surface area (Å²) in [6.07, 6.45) is 8.88. The zero-order valence-electron chi connectivity index (χ0n) is 22.8. The second-order valence-corrected chi connectivity index (χ2v) is 12.2. The number of aromatic nitrogens is 4. The molecule has 2 amide bonds. The highest BCUT2D eigenvalue weighted by atomic mass is 16.6. The molecule has 0 aliphatic heterocycles. The molecule has 2 aromatic heterocycles. The lowest BCUT2D eigenvalue weighted by atomic mass is 9.52. The Hall–Kier alpha value is -3.37. The van der Waals surface area contributed by atoms with Gasteiger partial charge in [0.05, 0.1) is 18.2 Å². The third-order valence-electron chi connectivity index (χ3n) is 8.09. The summed E-state index contributed by atoms with van der Waals surface area (Å²) >= 11 is 0. The standard InChI is InChI=1S/C27H38N6O5/c1-15(2)14-36-23-20(13-29-33(23)7-6-26(4,5)24-32-31-16(3)37-24)22(34)30-21-18-8-17-9-19(21)12-27(10-17,11-18)38-25(28)35/h6-7,13,15,17-19,21H,8-12,14H2,1-5H3,(H2,28,35)(H,30,34)/b7-6+. The molecule has 0 spiro atoms. The third kappa shape index (κ3) is 5.15. The van der Waals surface area contributed by atoms with Crippen LogP contribution < -0.4 is 15.8 Å². The predicted octanol–water partition coefficient (Wildman–Crippen LogP) is 3.83. The number of carbonyl (C=O) groups excluding carboxylic acids is 2. The molecule has 4 aliphatic rings. The molecule has 38 heavy (non-hydrogen) atoms. The van der Waals surface area contributed by atoms with Crippen molar-refractivity contribution in [3.8, 4) is 5.88 Å². The maximum atomic E-state index is 13.6. The number of allylic oxidation sites excluding steroid dienone is 1. The van der Waals surface area contributed by atoms with Gasteiger partial charge < -0.3 is 24.9 Å². The van der Waals surface area contributed by atoms with E-state index in [1.54, 1.807) is 24.0 Å². The SMILES string of the molecule is Cc1nnc(C(C)(C)/C=C/n2ncc(C(=O)NC3C4CC5CC3CC(OC(N)=O)(C5)C4)c2OCC(C)C)o1. The number of nitrogens with zero attached hydrogens (tertiary/aromatic N) is 4. The fourth-order valence-corrected chi connectivity index (χ4v) is 6.64. The fourth-order valence-electron chi connectivity index (χ4n) is 6.64. The van der Waals surface area contributed by atoms with Crippen molar-refractivity contribution in [3.05, 3.63) is 29.6 Å². The van der Waals surface area contributed by atoms with Crippen LogP contribution in [0.25, 0.3) is 6.20 Å². The van der Waals surface area contributed by atoms with Gasteiger partial charge in [0, 0.05) is 19.2 Å². The molecule has 3 N–H and O–H groups in total. The van der Waals surface area contributed by atoms with Gasteiger partial charge >= 0.3 is 6.09 Å². The lowest BCUT2D eigenvalue weighted by molar-refractivity contribution is -0.137. The van der Waals surface area contributed by atoms with Gasteiger partial charge in [-0.2, -0.15) is 5.10 Å². The Morgan fingerprint density at radius 2 is 1.97 bits per heavy atom. The number of ether oxygens (including phenoxy) is 2. The summed E-state index contributed by atoms with van der Waals surface area (Å²) in [5.41, 5.74) is 4.75. The number of carbonyl (C=O) groups is 2. The molecule has 2 atom stereocenters. The maximum absolute atomic E-state index is 13.6. The van der Waals surface area contributed by atoms with Crippen LogP contribution in [0.15, 0.2) is 16.7 Å². The number of aryl methyl sites for hydroxylation is 1. The second-order valence-electron chi connectivity index (χ2n) is 12.2. The van der Waals surface area contributed by atoms with Crippen molar-refractivity contribution in [2.75, 3.05) is 6.61 Å². The average molecular weight is 527 g/mol. The summed E-state index contributed by atoms with van der Waals surface area (Å²) in [6.45, 7) is 10.2. The molecule has 2 unspecified atom stereocenters. The average Bonchev–Trinajstić information content (AvgIpc) is 3.44. The van der Waals surface area contributed by atoms with Crippen molar-refractivity contribution in [2.24, 2.45) is 29.4 Å². The van der Waals surface area contributed by atoms with Crippen LogP contribution >= 0.6 is 0 Å². The number of nitrogens with two attached hydrogens (primary N) is 1. The third-order valence-corrected chi connectivity index (χ3v) is 8.09. The van der Waals surface area contributed by atoms with E-state index in [-0.39, 0.29) is 29.7 Å². The van der Waals surface area contributed by atoms with E-state index in [0.717, 1.165) is 32.1 Å². The summed E-state index contributed by atoms with van der Waals surface area (Å²) < 4.78 is 18.9. The van der Waals surface area contributed by atoms with E-state index in [1.807, 2.05) is 19.9 Å². The zero-order chi connectivity index (χ0) is 27.2. The normalized spacial score (nSPS) is 28.3. The molecule has 4 aliphatic carbocycles. The Balaban J connectivity index is 1.35. The van der Waals surface area contributed by atoms with E-state index in [2.05, 4.69) is 34.5 Å². The molecule has 4 bridgehead atoms. The minimum Gasteiger partial charge on any atom is -0.477 e. The largest absolute Gasteiger partial charge is 0.477 e. The minimum atomic E-state index is -0.711. The summed E-state index contributed by atoms with van der Waals surface area (Å²) in [7, 11) is 0. The number of hydrogen-bond acceptors (Lipinski definition) is 8. The van der Waals surface area contributed by atoms with Gasteiger partial charge in [-0.1, -0.05) is 19.9 Å². The van der Waals surface area contributed by atoms with E-state index in [1.165, 1.54) is 0 Å². The molecule has 2 aromatic rings. The quantitative estimate of drug-likeness (QED) is 0.501. The number of rotatable bonds is 9. The topological polar surface area (TPSA) is 147 Å². The molecular weight excluding hydrogens is 488 g/mol. The number of nitrogens with one attached hydrogen (secondary N) is 1. The molecule has 0 radical (unpaired) electrons. The van der Waals surface area contributed by atoms with Crippen LogP contribution in [0.3, 0.4) is 0 Å². The lowest BCUT2D eigenvalue weighted by Crippen LogP contribution is -2.63. The molecule has 0 saturated heterocycles. The van der Waals surface area contributed by atoms with Crippen LogP contribution in [0.2, 0.25) is 0 Å². The highest BCUT2D eigenvalue weighted by molar-refractivity contribution is 5.96. The van der Waals surface area contributed by atoms with Gasteiger partial charge in [0.2, 0.25) is 17.7 Å². The van der Waals surface area contributed by atoms with Gasteiger partial charge in [0.15, 0.2) is 0 Å². The number of hydrogen-bond donors (Lipinski definition) is 2. The number of amides is 2. The van der Waals surface area contributed by atoms with E-state index in [9.17, 15) is 9.59 Å². The Labute approximate surface area is 222 Å². The molecule has 206 valence electrons. The van der Waals surface area contributed by atoms with Gasteiger partial charge in [-0.3, -0.25) is 4.79 Å². The highest BCUT2D eigenvalue weighted by Crippen LogP contribution is 2.57. The molecule has 4 saturated carbocycles. The summed E-state index contributed by atoms with van der Waals surface area (Å²) in [6, 6.07) is 0.0141. The first-order valence-corrected chi connectivity index (χ1v) is 13.4. The molecule has 11 nitrogen and oxygen atoms in total. The Kier molecular flexibility index (Phi) is 6.73. The van der Waals surface area contributed by atoms with Crippen LogP contribution in [0, 0.1) is 30.6 Å².